The normalized spacial score (nSPS) is 16.3. The number of ether oxygens (including phenoxy) is 1. The van der Waals surface area contributed by atoms with Crippen LogP contribution in [-0.2, 0) is 19.5 Å². The van der Waals surface area contributed by atoms with Gasteiger partial charge >= 0.3 is 0 Å². The van der Waals surface area contributed by atoms with Gasteiger partial charge in [-0.15, -0.1) is 0 Å². The Balaban J connectivity index is 1.19. The van der Waals surface area contributed by atoms with Crippen molar-refractivity contribution in [2.75, 3.05) is 68.6 Å². The number of anilines is 3. The number of hydrogen-bond donors (Lipinski definition) is 0. The van der Waals surface area contributed by atoms with Gasteiger partial charge in [-0.2, -0.15) is 0 Å². The summed E-state index contributed by atoms with van der Waals surface area (Å²) in [4.78, 5) is 19.1. The first-order chi connectivity index (χ1) is 16.6. The average Bonchev–Trinajstić information content (AvgIpc) is 2.89. The van der Waals surface area contributed by atoms with Crippen LogP contribution in [0.5, 0.6) is 5.75 Å². The second kappa shape index (κ2) is 9.89. The summed E-state index contributed by atoms with van der Waals surface area (Å²) in [6.07, 6.45) is 3.02. The predicted molar refractivity (Wildman–Crippen MR) is 138 cm³/mol. The second-order valence-electron chi connectivity index (χ2n) is 9.31. The van der Waals surface area contributed by atoms with Gasteiger partial charge in [-0.3, -0.25) is 4.90 Å². The zero-order chi connectivity index (χ0) is 23.5. The maximum atomic E-state index is 5.55. The van der Waals surface area contributed by atoms with E-state index < -0.39 is 0 Å². The number of nitrogens with zero attached hydrogens (tertiary/aromatic N) is 6. The fourth-order valence-corrected chi connectivity index (χ4v) is 4.85. The summed E-state index contributed by atoms with van der Waals surface area (Å²) in [7, 11) is 5.88. The summed E-state index contributed by atoms with van der Waals surface area (Å²) in [5, 5.41) is 0. The van der Waals surface area contributed by atoms with Gasteiger partial charge in [0.25, 0.3) is 0 Å². The number of rotatable bonds is 6. The van der Waals surface area contributed by atoms with Crippen LogP contribution >= 0.6 is 0 Å². The zero-order valence-corrected chi connectivity index (χ0v) is 20.4. The molecule has 2 aliphatic rings. The molecule has 7 heteroatoms. The first-order valence-corrected chi connectivity index (χ1v) is 12.1. The van der Waals surface area contributed by atoms with E-state index in [1.165, 1.54) is 22.5 Å². The smallest absolute Gasteiger partial charge is 0.225 e. The van der Waals surface area contributed by atoms with E-state index in [1.807, 2.05) is 18.3 Å². The van der Waals surface area contributed by atoms with E-state index in [9.17, 15) is 0 Å². The van der Waals surface area contributed by atoms with Gasteiger partial charge in [-0.05, 0) is 29.8 Å². The van der Waals surface area contributed by atoms with Crippen molar-refractivity contribution in [3.05, 3.63) is 71.5 Å². The molecular formula is C27H34N6O. The zero-order valence-electron chi connectivity index (χ0n) is 20.4. The second-order valence-corrected chi connectivity index (χ2v) is 9.31. The molecule has 1 saturated heterocycles. The minimum absolute atomic E-state index is 0.867. The van der Waals surface area contributed by atoms with Gasteiger partial charge in [0.15, 0.2) is 0 Å². The molecule has 7 nitrogen and oxygen atoms in total. The molecular weight excluding hydrogens is 424 g/mol. The quantitative estimate of drug-likeness (QED) is 0.561. The Kier molecular flexibility index (Phi) is 6.54. The Hall–Kier alpha value is -3.32. The Labute approximate surface area is 202 Å². The molecule has 0 saturated carbocycles. The molecule has 0 aliphatic carbocycles. The number of para-hydroxylation sites is 2. The van der Waals surface area contributed by atoms with Crippen LogP contribution < -0.4 is 19.4 Å². The van der Waals surface area contributed by atoms with Crippen molar-refractivity contribution in [3.8, 4) is 5.75 Å². The predicted octanol–water partition coefficient (Wildman–Crippen LogP) is 3.44. The fourth-order valence-electron chi connectivity index (χ4n) is 4.85. The summed E-state index contributed by atoms with van der Waals surface area (Å²) in [6, 6.07) is 17.1. The number of aromatic nitrogens is 2. The van der Waals surface area contributed by atoms with E-state index in [0.717, 1.165) is 69.6 Å². The van der Waals surface area contributed by atoms with E-state index in [0.29, 0.717) is 0 Å². The lowest BCUT2D eigenvalue weighted by molar-refractivity contribution is 0.243. The lowest BCUT2D eigenvalue weighted by Gasteiger charge is -2.37. The van der Waals surface area contributed by atoms with Gasteiger partial charge in [0.1, 0.15) is 5.75 Å². The topological polar surface area (TPSA) is 48.0 Å². The maximum Gasteiger partial charge on any atom is 0.225 e. The van der Waals surface area contributed by atoms with Crippen molar-refractivity contribution >= 4 is 17.3 Å². The number of hydrogen-bond acceptors (Lipinski definition) is 7. The van der Waals surface area contributed by atoms with Crippen molar-refractivity contribution in [1.29, 1.82) is 0 Å². The highest BCUT2D eigenvalue weighted by Gasteiger charge is 2.24. The molecule has 5 rings (SSSR count). The molecule has 0 atom stereocenters. The van der Waals surface area contributed by atoms with E-state index in [-0.39, 0.29) is 0 Å². The number of piperazine rings is 1. The maximum absolute atomic E-state index is 5.55. The first-order valence-electron chi connectivity index (χ1n) is 12.1. The molecule has 0 radical (unpaired) electrons. The Morgan fingerprint density at radius 1 is 0.912 bits per heavy atom. The largest absolute Gasteiger partial charge is 0.495 e. The lowest BCUT2D eigenvalue weighted by atomic mass is 10.1. The van der Waals surface area contributed by atoms with Crippen LogP contribution in [0.2, 0.25) is 0 Å². The third-order valence-electron chi connectivity index (χ3n) is 6.85. The van der Waals surface area contributed by atoms with Crippen molar-refractivity contribution in [1.82, 2.24) is 14.9 Å². The van der Waals surface area contributed by atoms with Crippen LogP contribution in [-0.4, -0.2) is 68.8 Å². The highest BCUT2D eigenvalue weighted by Crippen LogP contribution is 2.29. The molecule has 2 aromatic carbocycles. The fraction of sp³-hybridized carbons (Fsp3) is 0.407. The monoisotopic (exact) mass is 458 g/mol. The molecule has 3 heterocycles. The molecule has 2 aliphatic heterocycles. The van der Waals surface area contributed by atoms with Gasteiger partial charge in [0, 0.05) is 83.8 Å². The molecule has 0 unspecified atom stereocenters. The Morgan fingerprint density at radius 2 is 1.65 bits per heavy atom. The van der Waals surface area contributed by atoms with Crippen LogP contribution in [0.1, 0.15) is 16.8 Å². The van der Waals surface area contributed by atoms with Gasteiger partial charge < -0.3 is 19.4 Å². The van der Waals surface area contributed by atoms with E-state index >= 15 is 0 Å². The van der Waals surface area contributed by atoms with Crippen LogP contribution in [0.4, 0.5) is 17.3 Å². The van der Waals surface area contributed by atoms with Gasteiger partial charge in [-0.25, -0.2) is 9.97 Å². The molecule has 34 heavy (non-hydrogen) atoms. The molecule has 0 N–H and O–H groups in total. The minimum atomic E-state index is 0.867. The van der Waals surface area contributed by atoms with E-state index in [1.54, 1.807) is 7.11 Å². The highest BCUT2D eigenvalue weighted by atomic mass is 16.5. The summed E-state index contributed by atoms with van der Waals surface area (Å²) in [6.45, 7) is 6.58. The summed E-state index contributed by atoms with van der Waals surface area (Å²) < 4.78 is 5.55. The molecule has 0 spiro atoms. The minimum Gasteiger partial charge on any atom is -0.495 e. The lowest BCUT2D eigenvalue weighted by Crippen LogP contribution is -2.47. The van der Waals surface area contributed by atoms with Crippen LogP contribution in [0.15, 0.2) is 54.7 Å². The SMILES string of the molecule is COc1ccccc1N1CCN(c2ncc3c(n2)CCN(Cc2ccc(N(C)C)cc2)C3)CC1. The van der Waals surface area contributed by atoms with Crippen molar-refractivity contribution in [2.24, 2.45) is 0 Å². The van der Waals surface area contributed by atoms with Gasteiger partial charge in [0.2, 0.25) is 5.95 Å². The van der Waals surface area contributed by atoms with Crippen molar-refractivity contribution in [2.45, 2.75) is 19.5 Å². The highest BCUT2D eigenvalue weighted by molar-refractivity contribution is 5.59. The van der Waals surface area contributed by atoms with E-state index in [4.69, 9.17) is 14.7 Å². The van der Waals surface area contributed by atoms with Crippen LogP contribution in [0, 0.1) is 0 Å². The van der Waals surface area contributed by atoms with E-state index in [2.05, 4.69) is 70.1 Å². The third-order valence-corrected chi connectivity index (χ3v) is 6.85. The summed E-state index contributed by atoms with van der Waals surface area (Å²) in [5.41, 5.74) is 6.20. The molecule has 178 valence electrons. The number of benzene rings is 2. The average molecular weight is 459 g/mol. The van der Waals surface area contributed by atoms with Gasteiger partial charge in [0.05, 0.1) is 18.5 Å². The third kappa shape index (κ3) is 4.80. The Bertz CT molecular complexity index is 1110. The molecule has 1 fully saturated rings. The first kappa shape index (κ1) is 22.5. The van der Waals surface area contributed by atoms with Crippen molar-refractivity contribution in [3.63, 3.8) is 0 Å². The van der Waals surface area contributed by atoms with Crippen LogP contribution in [0.3, 0.4) is 0 Å². The molecule has 3 aromatic rings. The molecule has 0 amide bonds. The number of fused-ring (bicyclic) bond motifs is 1. The standard InChI is InChI=1S/C27H34N6O/c1-30(2)23-10-8-21(9-11-23)19-31-13-12-24-22(20-31)18-28-27(29-24)33-16-14-32(15-17-33)25-6-4-5-7-26(25)34-3/h4-11,18H,12-17,19-20H2,1-3H3. The van der Waals surface area contributed by atoms with Gasteiger partial charge in [-0.1, -0.05) is 24.3 Å². The van der Waals surface area contributed by atoms with Crippen molar-refractivity contribution < 1.29 is 4.74 Å². The van der Waals surface area contributed by atoms with Crippen LogP contribution in [0.25, 0.3) is 0 Å². The Morgan fingerprint density at radius 3 is 2.38 bits per heavy atom. The summed E-state index contributed by atoms with van der Waals surface area (Å²) in [5.74, 6) is 1.80. The molecule has 1 aromatic heterocycles. The number of methoxy groups -OCH3 is 1. The summed E-state index contributed by atoms with van der Waals surface area (Å²) >= 11 is 0. The molecule has 0 bridgehead atoms.